The van der Waals surface area contributed by atoms with Crippen molar-refractivity contribution in [2.24, 2.45) is 5.73 Å². The first-order chi connectivity index (χ1) is 9.65. The van der Waals surface area contributed by atoms with Crippen molar-refractivity contribution < 1.29 is 4.79 Å². The molecule has 2 aromatic rings. The number of benzene rings is 1. The number of thiazole rings is 1. The molecule has 1 heterocycles. The number of thioether (sulfide) groups is 1. The van der Waals surface area contributed by atoms with Crippen molar-refractivity contribution >= 4 is 51.3 Å². The summed E-state index contributed by atoms with van der Waals surface area (Å²) >= 11 is 7.88. The van der Waals surface area contributed by atoms with Crippen LogP contribution in [0, 0.1) is 0 Å². The Bertz CT molecular complexity index is 599. The van der Waals surface area contributed by atoms with Crippen molar-refractivity contribution in [1.29, 1.82) is 0 Å². The molecule has 0 radical (unpaired) electrons. The van der Waals surface area contributed by atoms with Crippen molar-refractivity contribution in [3.63, 3.8) is 0 Å². The van der Waals surface area contributed by atoms with Gasteiger partial charge in [0, 0.05) is 22.9 Å². The van der Waals surface area contributed by atoms with E-state index >= 15 is 0 Å². The van der Waals surface area contributed by atoms with Crippen LogP contribution in [-0.2, 0) is 10.5 Å². The van der Waals surface area contributed by atoms with Gasteiger partial charge in [0.05, 0.1) is 5.75 Å². The maximum Gasteiger partial charge on any atom is 0.236 e. The predicted octanol–water partition coefficient (Wildman–Crippen LogP) is 2.65. The lowest BCUT2D eigenvalue weighted by Gasteiger charge is -2.04. The summed E-state index contributed by atoms with van der Waals surface area (Å²) in [5, 5.41) is 5.20. The second-order valence-corrected chi connectivity index (χ2v) is 6.26. The third-order valence-electron chi connectivity index (χ3n) is 2.39. The first-order valence-electron chi connectivity index (χ1n) is 5.81. The number of anilines is 1. The van der Waals surface area contributed by atoms with E-state index in [0.29, 0.717) is 15.9 Å². The Morgan fingerprint density at radius 2 is 2.35 bits per heavy atom. The third kappa shape index (κ3) is 4.59. The quantitative estimate of drug-likeness (QED) is 0.800. The Balaban J connectivity index is 1.79. The molecule has 2 rings (SSSR count). The van der Waals surface area contributed by atoms with Gasteiger partial charge in [0.15, 0.2) is 5.13 Å². The van der Waals surface area contributed by atoms with Gasteiger partial charge >= 0.3 is 0 Å². The number of hydrogen-bond acceptors (Lipinski definition) is 5. The highest BCUT2D eigenvalue weighted by molar-refractivity contribution is 7.99. The number of aromatic nitrogens is 1. The van der Waals surface area contributed by atoms with Crippen LogP contribution in [0.1, 0.15) is 11.1 Å². The predicted molar refractivity (Wildman–Crippen MR) is 89.2 cm³/mol. The first-order valence-corrected chi connectivity index (χ1v) is 8.25. The van der Waals surface area contributed by atoms with E-state index in [1.54, 1.807) is 6.20 Å². The zero-order valence-corrected chi connectivity index (χ0v) is 13.0. The number of rotatable bonds is 6. The summed E-state index contributed by atoms with van der Waals surface area (Å²) in [6.07, 6.45) is 1.66. The van der Waals surface area contributed by atoms with Gasteiger partial charge in [-0.05, 0) is 11.6 Å². The van der Waals surface area contributed by atoms with Gasteiger partial charge in [-0.3, -0.25) is 4.79 Å². The summed E-state index contributed by atoms with van der Waals surface area (Å²) in [6, 6.07) is 7.74. The zero-order valence-electron chi connectivity index (χ0n) is 10.5. The van der Waals surface area contributed by atoms with Crippen molar-refractivity contribution in [3.05, 3.63) is 47.0 Å². The van der Waals surface area contributed by atoms with Crippen LogP contribution in [0.15, 0.2) is 35.8 Å². The molecule has 4 nitrogen and oxygen atoms in total. The lowest BCUT2D eigenvalue weighted by atomic mass is 10.1. The molecule has 0 fully saturated rings. The zero-order chi connectivity index (χ0) is 14.4. The van der Waals surface area contributed by atoms with Crippen LogP contribution < -0.4 is 11.1 Å². The highest BCUT2D eigenvalue weighted by atomic mass is 32.2. The van der Waals surface area contributed by atoms with E-state index in [1.807, 2.05) is 29.6 Å². The fraction of sp³-hybridized carbons (Fsp3) is 0.154. The largest absolute Gasteiger partial charge is 0.389 e. The van der Waals surface area contributed by atoms with Gasteiger partial charge in [0.2, 0.25) is 5.91 Å². The Morgan fingerprint density at radius 1 is 1.50 bits per heavy atom. The molecule has 0 aliphatic carbocycles. The number of carbonyl (C=O) groups excluding carboxylic acids is 1. The van der Waals surface area contributed by atoms with Gasteiger partial charge in [0.25, 0.3) is 0 Å². The first kappa shape index (κ1) is 15.0. The van der Waals surface area contributed by atoms with E-state index in [0.717, 1.165) is 16.9 Å². The third-order valence-corrected chi connectivity index (χ3v) is 4.32. The Labute approximate surface area is 130 Å². The Hall–Kier alpha value is -1.44. The van der Waals surface area contributed by atoms with Gasteiger partial charge in [-0.1, -0.05) is 30.4 Å². The van der Waals surface area contributed by atoms with Crippen LogP contribution in [0.25, 0.3) is 0 Å². The maximum absolute atomic E-state index is 11.7. The van der Waals surface area contributed by atoms with Gasteiger partial charge in [-0.2, -0.15) is 0 Å². The summed E-state index contributed by atoms with van der Waals surface area (Å²) in [4.78, 5) is 16.1. The molecule has 0 aliphatic heterocycles. The monoisotopic (exact) mass is 323 g/mol. The van der Waals surface area contributed by atoms with E-state index in [4.69, 9.17) is 18.0 Å². The minimum atomic E-state index is -0.0459. The Morgan fingerprint density at radius 3 is 3.05 bits per heavy atom. The maximum atomic E-state index is 11.7. The minimum Gasteiger partial charge on any atom is -0.389 e. The van der Waals surface area contributed by atoms with Crippen LogP contribution >= 0.6 is 35.3 Å². The summed E-state index contributed by atoms with van der Waals surface area (Å²) in [6.45, 7) is 0. The second-order valence-electron chi connectivity index (χ2n) is 3.94. The van der Waals surface area contributed by atoms with Gasteiger partial charge < -0.3 is 11.1 Å². The van der Waals surface area contributed by atoms with Crippen molar-refractivity contribution in [1.82, 2.24) is 4.98 Å². The summed E-state index contributed by atoms with van der Waals surface area (Å²) in [5.74, 6) is 1.08. The van der Waals surface area contributed by atoms with Gasteiger partial charge in [-0.15, -0.1) is 23.1 Å². The van der Waals surface area contributed by atoms with Crippen LogP contribution in [0.2, 0.25) is 0 Å². The Kier molecular flexibility index (Phi) is 5.51. The lowest BCUT2D eigenvalue weighted by molar-refractivity contribution is -0.113. The molecule has 0 unspecified atom stereocenters. The van der Waals surface area contributed by atoms with E-state index in [9.17, 15) is 4.79 Å². The number of amides is 1. The molecule has 0 saturated heterocycles. The molecule has 1 amide bonds. The number of thiocarbonyl (C=S) groups is 1. The number of nitrogens with one attached hydrogen (secondary N) is 1. The highest BCUT2D eigenvalue weighted by Gasteiger charge is 2.05. The minimum absolute atomic E-state index is 0.0459. The van der Waals surface area contributed by atoms with E-state index in [2.05, 4.69) is 10.3 Å². The van der Waals surface area contributed by atoms with Crippen LogP contribution in [0.4, 0.5) is 5.13 Å². The molecule has 0 saturated carbocycles. The molecule has 0 atom stereocenters. The molecule has 0 spiro atoms. The summed E-state index contributed by atoms with van der Waals surface area (Å²) in [7, 11) is 0. The average molecular weight is 323 g/mol. The SMILES string of the molecule is NC(=S)c1cccc(CSCC(=O)Nc2nccs2)c1. The van der Waals surface area contributed by atoms with Crippen molar-refractivity contribution in [2.45, 2.75) is 5.75 Å². The van der Waals surface area contributed by atoms with Crippen LogP contribution in [0.3, 0.4) is 0 Å². The molecule has 1 aromatic heterocycles. The average Bonchev–Trinajstić information content (AvgIpc) is 2.92. The molecule has 7 heteroatoms. The molecule has 0 aliphatic rings. The van der Waals surface area contributed by atoms with Gasteiger partial charge in [-0.25, -0.2) is 4.98 Å². The molecule has 3 N–H and O–H groups in total. The fourth-order valence-electron chi connectivity index (χ4n) is 1.52. The number of hydrogen-bond donors (Lipinski definition) is 2. The van der Waals surface area contributed by atoms with Crippen LogP contribution in [-0.4, -0.2) is 21.6 Å². The lowest BCUT2D eigenvalue weighted by Crippen LogP contribution is -2.14. The summed E-state index contributed by atoms with van der Waals surface area (Å²) < 4.78 is 0. The number of carbonyl (C=O) groups is 1. The molecular weight excluding hydrogens is 310 g/mol. The smallest absolute Gasteiger partial charge is 0.236 e. The second kappa shape index (κ2) is 7.37. The van der Waals surface area contributed by atoms with Crippen molar-refractivity contribution in [2.75, 3.05) is 11.1 Å². The topological polar surface area (TPSA) is 68.0 Å². The molecular formula is C13H13N3OS3. The summed E-state index contributed by atoms with van der Waals surface area (Å²) in [5.41, 5.74) is 7.54. The highest BCUT2D eigenvalue weighted by Crippen LogP contribution is 2.15. The molecule has 104 valence electrons. The van der Waals surface area contributed by atoms with Crippen molar-refractivity contribution in [3.8, 4) is 0 Å². The van der Waals surface area contributed by atoms with E-state index < -0.39 is 0 Å². The molecule has 20 heavy (non-hydrogen) atoms. The van der Waals surface area contributed by atoms with E-state index in [-0.39, 0.29) is 5.91 Å². The molecule has 0 bridgehead atoms. The molecule has 1 aromatic carbocycles. The van der Waals surface area contributed by atoms with Gasteiger partial charge in [0.1, 0.15) is 4.99 Å². The number of nitrogens with two attached hydrogens (primary N) is 1. The van der Waals surface area contributed by atoms with E-state index in [1.165, 1.54) is 23.1 Å². The normalized spacial score (nSPS) is 10.2. The fourth-order valence-corrected chi connectivity index (χ4v) is 2.96. The number of nitrogens with zero attached hydrogens (tertiary/aromatic N) is 1. The standard InChI is InChI=1S/C13H13N3OS3/c14-12(18)10-3-1-2-9(6-10)7-19-8-11(17)16-13-15-4-5-20-13/h1-6H,7-8H2,(H2,14,18)(H,15,16,17). The van der Waals surface area contributed by atoms with Crippen LogP contribution in [0.5, 0.6) is 0 Å².